The number of aliphatic hydroxyl groups excluding tert-OH is 1. The molecule has 0 spiro atoms. The van der Waals surface area contributed by atoms with E-state index >= 15 is 0 Å². The van der Waals surface area contributed by atoms with Crippen molar-refractivity contribution in [3.8, 4) is 5.75 Å². The molecule has 0 saturated carbocycles. The summed E-state index contributed by atoms with van der Waals surface area (Å²) >= 11 is 0. The monoisotopic (exact) mass is 327 g/mol. The summed E-state index contributed by atoms with van der Waals surface area (Å²) in [5, 5.41) is 13.0. The third-order valence-corrected chi connectivity index (χ3v) is 3.85. The second kappa shape index (κ2) is 7.95. The normalized spacial score (nSPS) is 11.2. The Morgan fingerprint density at radius 3 is 2.71 bits per heavy atom. The average molecular weight is 327 g/mol. The zero-order valence-electron chi connectivity index (χ0n) is 13.5. The highest BCUT2D eigenvalue weighted by Crippen LogP contribution is 2.22. The van der Waals surface area contributed by atoms with Crippen molar-refractivity contribution in [2.24, 2.45) is 0 Å². The van der Waals surface area contributed by atoms with Crippen LogP contribution in [0.2, 0.25) is 0 Å². The van der Waals surface area contributed by atoms with Gasteiger partial charge in [0, 0.05) is 12.6 Å². The highest BCUT2D eigenvalue weighted by molar-refractivity contribution is 5.90. The van der Waals surface area contributed by atoms with Gasteiger partial charge in [-0.25, -0.2) is 0 Å². The van der Waals surface area contributed by atoms with Gasteiger partial charge in [-0.15, -0.1) is 0 Å². The second-order valence-corrected chi connectivity index (χ2v) is 5.61. The fraction of sp³-hybridized carbons (Fsp3) is 0.316. The van der Waals surface area contributed by atoms with Gasteiger partial charge in [0.2, 0.25) is 5.43 Å². The van der Waals surface area contributed by atoms with E-state index in [1.165, 1.54) is 0 Å². The molecule has 0 aliphatic rings. The Balaban J connectivity index is 1.68. The lowest BCUT2D eigenvalue weighted by Crippen LogP contribution is -2.19. The maximum Gasteiger partial charge on any atom is 0.200 e. The van der Waals surface area contributed by atoms with E-state index in [0.717, 1.165) is 19.4 Å². The first-order valence-corrected chi connectivity index (χ1v) is 8.19. The minimum Gasteiger partial charge on any atom is -0.493 e. The van der Waals surface area contributed by atoms with E-state index in [0.29, 0.717) is 40.8 Å². The number of unbranched alkanes of at least 4 members (excludes halogenated alkanes) is 1. The molecule has 126 valence electrons. The Bertz CT molecular complexity index is 872. The Hall–Kier alpha value is -2.37. The van der Waals surface area contributed by atoms with Gasteiger partial charge < -0.3 is 19.6 Å². The van der Waals surface area contributed by atoms with Gasteiger partial charge >= 0.3 is 0 Å². The molecule has 24 heavy (non-hydrogen) atoms. The maximum absolute atomic E-state index is 12.5. The van der Waals surface area contributed by atoms with Crippen molar-refractivity contribution in [2.75, 3.05) is 26.3 Å². The third-order valence-electron chi connectivity index (χ3n) is 3.85. The van der Waals surface area contributed by atoms with Crippen molar-refractivity contribution in [3.05, 3.63) is 52.7 Å². The minimum absolute atomic E-state index is 0.0200. The lowest BCUT2D eigenvalue weighted by Gasteiger charge is -2.08. The number of nitrogens with one attached hydrogen (secondary N) is 1. The molecule has 1 aromatic heterocycles. The molecule has 2 N–H and O–H groups in total. The number of rotatable bonds is 8. The Morgan fingerprint density at radius 1 is 1.00 bits per heavy atom. The molecule has 0 fully saturated rings. The third kappa shape index (κ3) is 3.75. The first kappa shape index (κ1) is 16.5. The molecular formula is C19H21NO4. The van der Waals surface area contributed by atoms with Crippen molar-refractivity contribution in [1.82, 2.24) is 5.32 Å². The molecule has 0 amide bonds. The van der Waals surface area contributed by atoms with Gasteiger partial charge in [-0.2, -0.15) is 0 Å². The lowest BCUT2D eigenvalue weighted by molar-refractivity contribution is 0.286. The van der Waals surface area contributed by atoms with Crippen molar-refractivity contribution in [3.63, 3.8) is 0 Å². The standard InChI is InChI=1S/C19H21NO4/c21-11-10-20-9-3-4-12-23-14-7-8-16-18(13-14)24-17-6-2-1-5-15(17)19(16)22/h1-2,5-8,13,20-21H,3-4,9-12H2. The van der Waals surface area contributed by atoms with Gasteiger partial charge in [-0.1, -0.05) is 12.1 Å². The van der Waals surface area contributed by atoms with Crippen LogP contribution in [0.15, 0.2) is 51.7 Å². The number of benzene rings is 2. The molecule has 0 unspecified atom stereocenters. The molecule has 0 bridgehead atoms. The number of fused-ring (bicyclic) bond motifs is 2. The quantitative estimate of drug-likeness (QED) is 0.492. The number of ether oxygens (including phenoxy) is 1. The van der Waals surface area contributed by atoms with Crippen LogP contribution in [0.25, 0.3) is 21.9 Å². The van der Waals surface area contributed by atoms with Crippen molar-refractivity contribution in [1.29, 1.82) is 0 Å². The van der Waals surface area contributed by atoms with Gasteiger partial charge in [0.1, 0.15) is 16.9 Å². The number of aliphatic hydroxyl groups is 1. The van der Waals surface area contributed by atoms with Crippen molar-refractivity contribution >= 4 is 21.9 Å². The lowest BCUT2D eigenvalue weighted by atomic mass is 10.1. The summed E-state index contributed by atoms with van der Waals surface area (Å²) in [5.41, 5.74) is 1.11. The number of hydrogen-bond donors (Lipinski definition) is 2. The summed E-state index contributed by atoms with van der Waals surface area (Å²) in [5.74, 6) is 0.698. The molecule has 2 aromatic carbocycles. The van der Waals surface area contributed by atoms with Crippen LogP contribution >= 0.6 is 0 Å². The smallest absolute Gasteiger partial charge is 0.200 e. The van der Waals surface area contributed by atoms with Crippen molar-refractivity contribution < 1.29 is 14.3 Å². The SMILES string of the molecule is O=c1c2ccccc2oc2cc(OCCCCNCCO)ccc12. The summed E-state index contributed by atoms with van der Waals surface area (Å²) in [7, 11) is 0. The second-order valence-electron chi connectivity index (χ2n) is 5.61. The van der Waals surface area contributed by atoms with Gasteiger partial charge in [0.15, 0.2) is 0 Å². The predicted molar refractivity (Wildman–Crippen MR) is 94.7 cm³/mol. The highest BCUT2D eigenvalue weighted by Gasteiger charge is 2.08. The molecule has 3 rings (SSSR count). The Labute approximate surface area is 139 Å². The summed E-state index contributed by atoms with van der Waals surface area (Å²) < 4.78 is 11.6. The van der Waals surface area contributed by atoms with E-state index < -0.39 is 0 Å². The van der Waals surface area contributed by atoms with Crippen LogP contribution in [-0.2, 0) is 0 Å². The van der Waals surface area contributed by atoms with Gasteiger partial charge in [-0.3, -0.25) is 4.79 Å². The van der Waals surface area contributed by atoms with Crippen LogP contribution in [0.5, 0.6) is 5.75 Å². The summed E-state index contributed by atoms with van der Waals surface area (Å²) in [6, 6.07) is 12.6. The Kier molecular flexibility index (Phi) is 5.46. The molecule has 3 aromatic rings. The van der Waals surface area contributed by atoms with E-state index in [1.807, 2.05) is 12.1 Å². The van der Waals surface area contributed by atoms with Crippen LogP contribution in [-0.4, -0.2) is 31.4 Å². The highest BCUT2D eigenvalue weighted by atomic mass is 16.5. The zero-order chi connectivity index (χ0) is 16.8. The summed E-state index contributed by atoms with van der Waals surface area (Å²) in [6.07, 6.45) is 1.89. The summed E-state index contributed by atoms with van der Waals surface area (Å²) in [6.45, 7) is 2.25. The first-order valence-electron chi connectivity index (χ1n) is 8.19. The van der Waals surface area contributed by atoms with Crippen LogP contribution < -0.4 is 15.5 Å². The molecular weight excluding hydrogens is 306 g/mol. The van der Waals surface area contributed by atoms with Gasteiger partial charge in [0.25, 0.3) is 0 Å². The largest absolute Gasteiger partial charge is 0.493 e. The van der Waals surface area contributed by atoms with E-state index in [9.17, 15) is 4.79 Å². The van der Waals surface area contributed by atoms with E-state index in [2.05, 4.69) is 5.32 Å². The van der Waals surface area contributed by atoms with E-state index in [-0.39, 0.29) is 12.0 Å². The fourth-order valence-electron chi connectivity index (χ4n) is 2.62. The molecule has 5 heteroatoms. The zero-order valence-corrected chi connectivity index (χ0v) is 13.5. The first-order chi connectivity index (χ1) is 11.8. The van der Waals surface area contributed by atoms with Crippen LogP contribution in [0.4, 0.5) is 0 Å². The maximum atomic E-state index is 12.5. The minimum atomic E-state index is -0.0200. The van der Waals surface area contributed by atoms with Gasteiger partial charge in [0.05, 0.1) is 24.0 Å². The molecule has 5 nitrogen and oxygen atoms in total. The van der Waals surface area contributed by atoms with Crippen LogP contribution in [0.3, 0.4) is 0 Å². The van der Waals surface area contributed by atoms with Crippen molar-refractivity contribution in [2.45, 2.75) is 12.8 Å². The molecule has 1 heterocycles. The van der Waals surface area contributed by atoms with Gasteiger partial charge in [-0.05, 0) is 43.7 Å². The van der Waals surface area contributed by atoms with E-state index in [4.69, 9.17) is 14.3 Å². The fourth-order valence-corrected chi connectivity index (χ4v) is 2.62. The molecule has 0 saturated heterocycles. The predicted octanol–water partition coefficient (Wildman–Crippen LogP) is 2.69. The average Bonchev–Trinajstić information content (AvgIpc) is 2.61. The topological polar surface area (TPSA) is 71.7 Å². The van der Waals surface area contributed by atoms with Crippen LogP contribution in [0, 0.1) is 0 Å². The Morgan fingerprint density at radius 2 is 1.83 bits per heavy atom. The van der Waals surface area contributed by atoms with E-state index in [1.54, 1.807) is 30.3 Å². The molecule has 0 radical (unpaired) electrons. The number of para-hydroxylation sites is 1. The molecule has 0 aliphatic heterocycles. The summed E-state index contributed by atoms with van der Waals surface area (Å²) in [4.78, 5) is 12.5. The molecule has 0 aliphatic carbocycles. The molecule has 0 atom stereocenters. The van der Waals surface area contributed by atoms with Crippen LogP contribution in [0.1, 0.15) is 12.8 Å². The number of hydrogen-bond acceptors (Lipinski definition) is 5.